The van der Waals surface area contributed by atoms with Crippen molar-refractivity contribution in [3.8, 4) is 77.9 Å². The molecule has 246 valence electrons. The van der Waals surface area contributed by atoms with Gasteiger partial charge in [-0.15, -0.1) is 0 Å². The maximum Gasteiger partial charge on any atom is -0.000728 e. The van der Waals surface area contributed by atoms with Crippen LogP contribution in [0.2, 0.25) is 0 Å². The maximum atomic E-state index is 4.03. The summed E-state index contributed by atoms with van der Waals surface area (Å²) in [6, 6.07) is 65.3. The molecule has 0 unspecified atom stereocenters. The first-order chi connectivity index (χ1) is 26.3. The largest absolute Gasteiger partial charge is 0.0985 e. The molecule has 0 aromatic heterocycles. The number of rotatable bonds is 5. The molecule has 0 heteroatoms. The van der Waals surface area contributed by atoms with Gasteiger partial charge in [0.1, 0.15) is 0 Å². The average molecular weight is 671 g/mol. The van der Waals surface area contributed by atoms with Gasteiger partial charge in [-0.1, -0.05) is 189 Å². The molecule has 0 bridgehead atoms. The van der Waals surface area contributed by atoms with Crippen molar-refractivity contribution in [3.05, 3.63) is 199 Å². The first-order valence-corrected chi connectivity index (χ1v) is 18.5. The molecule has 0 N–H and O–H groups in total. The van der Waals surface area contributed by atoms with E-state index >= 15 is 0 Å². The zero-order valence-corrected chi connectivity index (χ0v) is 29.2. The van der Waals surface area contributed by atoms with Gasteiger partial charge in [0.25, 0.3) is 0 Å². The number of hydrogen-bond acceptors (Lipinski definition) is 0. The number of fused-ring (bicyclic) bond motifs is 7. The number of hydrogen-bond donors (Lipinski definition) is 0. The Kier molecular flexibility index (Phi) is 6.57. The monoisotopic (exact) mass is 670 g/mol. The zero-order valence-electron chi connectivity index (χ0n) is 29.2. The molecule has 0 spiro atoms. The molecular weight excluding hydrogens is 637 g/mol. The van der Waals surface area contributed by atoms with E-state index < -0.39 is 0 Å². The second-order valence-electron chi connectivity index (χ2n) is 14.3. The molecule has 0 atom stereocenters. The molecule has 0 amide bonds. The Balaban J connectivity index is 1.30. The van der Waals surface area contributed by atoms with E-state index in [2.05, 4.69) is 183 Å². The van der Waals surface area contributed by atoms with Gasteiger partial charge in [-0.2, -0.15) is 0 Å². The summed E-state index contributed by atoms with van der Waals surface area (Å²) in [5, 5.41) is 5.20. The van der Waals surface area contributed by atoms with Crippen LogP contribution in [0.3, 0.4) is 0 Å². The van der Waals surface area contributed by atoms with Crippen LogP contribution < -0.4 is 0 Å². The van der Waals surface area contributed by atoms with E-state index in [4.69, 9.17) is 0 Å². The summed E-state index contributed by atoms with van der Waals surface area (Å²) < 4.78 is 0. The van der Waals surface area contributed by atoms with Gasteiger partial charge in [0.2, 0.25) is 0 Å². The summed E-state index contributed by atoms with van der Waals surface area (Å²) in [4.78, 5) is 0. The van der Waals surface area contributed by atoms with Crippen LogP contribution in [-0.2, 0) is 6.42 Å². The Bertz CT molecular complexity index is 2850. The SMILES string of the molecule is C=Cc1ccc(-c2ccc3c4c(ccc(-c5cccc6c5Cc5ccccc5-6)c24)-c2c-3c(-c3ccccc3)c3ccccc3c2-c2ccccc2)cc1. The van der Waals surface area contributed by atoms with Crippen molar-refractivity contribution >= 4 is 27.6 Å². The van der Waals surface area contributed by atoms with Gasteiger partial charge in [-0.25, -0.2) is 0 Å². The van der Waals surface area contributed by atoms with Crippen molar-refractivity contribution in [1.29, 1.82) is 0 Å². The van der Waals surface area contributed by atoms with Gasteiger partial charge < -0.3 is 0 Å². The molecule has 9 aromatic rings. The number of benzene rings is 9. The topological polar surface area (TPSA) is 0 Å². The summed E-state index contributed by atoms with van der Waals surface area (Å²) in [6.07, 6.45) is 2.86. The quantitative estimate of drug-likeness (QED) is 0.171. The minimum absolute atomic E-state index is 0.940. The summed E-state index contributed by atoms with van der Waals surface area (Å²) in [5.74, 6) is 0. The Labute approximate surface area is 310 Å². The molecule has 2 aliphatic carbocycles. The molecule has 0 saturated carbocycles. The lowest BCUT2D eigenvalue weighted by molar-refractivity contribution is 1.26. The predicted octanol–water partition coefficient (Wildman–Crippen LogP) is 14.5. The molecule has 53 heavy (non-hydrogen) atoms. The van der Waals surface area contributed by atoms with E-state index in [0.29, 0.717) is 0 Å². The third kappa shape index (κ3) is 4.36. The van der Waals surface area contributed by atoms with E-state index in [1.165, 1.54) is 111 Å². The molecular formula is C53H34. The van der Waals surface area contributed by atoms with Crippen molar-refractivity contribution < 1.29 is 0 Å². The lowest BCUT2D eigenvalue weighted by Gasteiger charge is -2.20. The third-order valence-electron chi connectivity index (χ3n) is 11.6. The molecule has 0 aliphatic heterocycles. The lowest BCUT2D eigenvalue weighted by atomic mass is 9.82. The molecule has 2 aliphatic rings. The van der Waals surface area contributed by atoms with Gasteiger partial charge in [-0.05, 0) is 123 Å². The fourth-order valence-electron chi connectivity index (χ4n) is 9.37. The Morgan fingerprint density at radius 2 is 0.830 bits per heavy atom. The van der Waals surface area contributed by atoms with Crippen LogP contribution in [0.5, 0.6) is 0 Å². The smallest absolute Gasteiger partial charge is 0.000728 e. The van der Waals surface area contributed by atoms with E-state index in [1.807, 2.05) is 6.08 Å². The van der Waals surface area contributed by atoms with Crippen LogP contribution in [0, 0.1) is 0 Å². The van der Waals surface area contributed by atoms with E-state index in [-0.39, 0.29) is 0 Å². The van der Waals surface area contributed by atoms with E-state index in [9.17, 15) is 0 Å². The van der Waals surface area contributed by atoms with Gasteiger partial charge in [0.05, 0.1) is 0 Å². The highest BCUT2D eigenvalue weighted by Crippen LogP contribution is 2.60. The maximum absolute atomic E-state index is 4.03. The summed E-state index contributed by atoms with van der Waals surface area (Å²) in [7, 11) is 0. The summed E-state index contributed by atoms with van der Waals surface area (Å²) in [6.45, 7) is 4.03. The zero-order chi connectivity index (χ0) is 35.0. The molecule has 9 aromatic carbocycles. The second kappa shape index (κ2) is 11.6. The molecule has 0 fully saturated rings. The molecule has 0 nitrogen and oxygen atoms in total. The first-order valence-electron chi connectivity index (χ1n) is 18.5. The Hall–Kier alpha value is -6.76. The Morgan fingerprint density at radius 1 is 0.340 bits per heavy atom. The lowest BCUT2D eigenvalue weighted by Crippen LogP contribution is -1.93. The molecule has 0 saturated heterocycles. The second-order valence-corrected chi connectivity index (χ2v) is 14.3. The Morgan fingerprint density at radius 3 is 1.45 bits per heavy atom. The highest BCUT2D eigenvalue weighted by atomic mass is 14.4. The minimum Gasteiger partial charge on any atom is -0.0985 e. The standard InChI is InChI=1S/C53H34/c1-2-33-24-26-34(27-25-33)39-28-30-45-51-46(31-29-44(50(39)51)41-23-13-22-40-38-19-10-9-18-37(38)32-47(40)41)53-49(36-16-7-4-8-17-36)43-21-12-11-20-42(43)48(52(45)53)35-14-5-3-6-15-35/h2-31H,1,32H2. The van der Waals surface area contributed by atoms with Gasteiger partial charge in [0, 0.05) is 0 Å². The van der Waals surface area contributed by atoms with Crippen LogP contribution in [-0.4, -0.2) is 0 Å². The van der Waals surface area contributed by atoms with Gasteiger partial charge >= 0.3 is 0 Å². The van der Waals surface area contributed by atoms with Crippen molar-refractivity contribution in [2.75, 3.05) is 0 Å². The van der Waals surface area contributed by atoms with Crippen LogP contribution in [0.4, 0.5) is 0 Å². The van der Waals surface area contributed by atoms with Crippen molar-refractivity contribution in [2.24, 2.45) is 0 Å². The average Bonchev–Trinajstić information content (AvgIpc) is 3.77. The fraction of sp³-hybridized carbons (Fsp3) is 0.0189. The summed E-state index contributed by atoms with van der Waals surface area (Å²) in [5.41, 5.74) is 22.1. The highest BCUT2D eigenvalue weighted by Gasteiger charge is 2.33. The predicted molar refractivity (Wildman–Crippen MR) is 226 cm³/mol. The van der Waals surface area contributed by atoms with Crippen LogP contribution in [0.25, 0.3) is 106 Å². The fourth-order valence-corrected chi connectivity index (χ4v) is 9.37. The van der Waals surface area contributed by atoms with Crippen LogP contribution in [0.1, 0.15) is 16.7 Å². The molecule has 0 heterocycles. The molecule has 0 radical (unpaired) electrons. The van der Waals surface area contributed by atoms with Crippen molar-refractivity contribution in [2.45, 2.75) is 6.42 Å². The highest BCUT2D eigenvalue weighted by molar-refractivity contribution is 6.30. The van der Waals surface area contributed by atoms with Gasteiger partial charge in [0.15, 0.2) is 0 Å². The minimum atomic E-state index is 0.940. The normalized spacial score (nSPS) is 12.2. The van der Waals surface area contributed by atoms with Crippen LogP contribution >= 0.6 is 0 Å². The van der Waals surface area contributed by atoms with Crippen LogP contribution in [0.15, 0.2) is 183 Å². The van der Waals surface area contributed by atoms with E-state index in [1.54, 1.807) is 0 Å². The third-order valence-corrected chi connectivity index (χ3v) is 11.6. The van der Waals surface area contributed by atoms with Gasteiger partial charge in [-0.3, -0.25) is 0 Å². The molecule has 11 rings (SSSR count). The van der Waals surface area contributed by atoms with Crippen molar-refractivity contribution in [3.63, 3.8) is 0 Å². The van der Waals surface area contributed by atoms with E-state index in [0.717, 1.165) is 12.0 Å². The van der Waals surface area contributed by atoms with Crippen molar-refractivity contribution in [1.82, 2.24) is 0 Å². The first kappa shape index (κ1) is 29.9. The summed E-state index contributed by atoms with van der Waals surface area (Å²) >= 11 is 0.